The highest BCUT2D eigenvalue weighted by atomic mass is 32.2. The maximum atomic E-state index is 12.1. The zero-order valence-corrected chi connectivity index (χ0v) is 12.1. The molecule has 0 fully saturated rings. The number of imidazole rings is 1. The van der Waals surface area contributed by atoms with Gasteiger partial charge in [-0.1, -0.05) is 12.1 Å². The lowest BCUT2D eigenvalue weighted by molar-refractivity contribution is 0.199. The largest absolute Gasteiger partial charge is 0.389 e. The van der Waals surface area contributed by atoms with Gasteiger partial charge in [0.05, 0.1) is 17.5 Å². The number of hydrogen-bond acceptors (Lipinski definition) is 4. The van der Waals surface area contributed by atoms with Gasteiger partial charge >= 0.3 is 0 Å². The summed E-state index contributed by atoms with van der Waals surface area (Å²) in [6.45, 7) is 1.76. The predicted molar refractivity (Wildman–Crippen MR) is 74.3 cm³/mol. The normalized spacial score (nSPS) is 13.3. The molecular formula is C13H17N3O3S. The maximum absolute atomic E-state index is 12.1. The Hall–Kier alpha value is -1.70. The van der Waals surface area contributed by atoms with E-state index in [2.05, 4.69) is 9.71 Å². The molecule has 0 bridgehead atoms. The summed E-state index contributed by atoms with van der Waals surface area (Å²) < 4.78 is 28.5. The molecule has 7 heteroatoms. The Morgan fingerprint density at radius 2 is 2.00 bits per heavy atom. The average Bonchev–Trinajstić information content (AvgIpc) is 2.82. The van der Waals surface area contributed by atoms with Crippen molar-refractivity contribution in [3.8, 4) is 0 Å². The quantitative estimate of drug-likeness (QED) is 0.860. The lowest BCUT2D eigenvalue weighted by atomic mass is 10.1. The van der Waals surface area contributed by atoms with Crippen molar-refractivity contribution >= 4 is 10.0 Å². The Morgan fingerprint density at radius 3 is 2.50 bits per heavy atom. The topological polar surface area (TPSA) is 84.2 Å². The molecule has 2 N–H and O–H groups in total. The SMILES string of the molecule is CC(O)c1ccc(S(=O)(=O)NCc2nccn2C)cc1. The molecule has 0 spiro atoms. The summed E-state index contributed by atoms with van der Waals surface area (Å²) >= 11 is 0. The minimum absolute atomic E-state index is 0.129. The van der Waals surface area contributed by atoms with Crippen molar-refractivity contribution in [3.63, 3.8) is 0 Å². The van der Waals surface area contributed by atoms with Crippen LogP contribution in [-0.4, -0.2) is 23.1 Å². The van der Waals surface area contributed by atoms with Gasteiger partial charge in [-0.3, -0.25) is 0 Å². The molecule has 1 aromatic heterocycles. The minimum Gasteiger partial charge on any atom is -0.389 e. The van der Waals surface area contributed by atoms with Gasteiger partial charge in [0.2, 0.25) is 10.0 Å². The second kappa shape index (κ2) is 5.74. The molecule has 20 heavy (non-hydrogen) atoms. The van der Waals surface area contributed by atoms with Crippen molar-refractivity contribution < 1.29 is 13.5 Å². The van der Waals surface area contributed by atoms with Gasteiger partial charge in [0.25, 0.3) is 0 Å². The first-order chi connectivity index (χ1) is 9.40. The molecule has 0 aliphatic heterocycles. The molecule has 1 heterocycles. The van der Waals surface area contributed by atoms with E-state index in [-0.39, 0.29) is 11.4 Å². The molecule has 0 saturated carbocycles. The summed E-state index contributed by atoms with van der Waals surface area (Å²) in [5, 5.41) is 9.40. The third-order valence-electron chi connectivity index (χ3n) is 3.01. The first-order valence-electron chi connectivity index (χ1n) is 6.14. The number of aliphatic hydroxyl groups is 1. The average molecular weight is 295 g/mol. The van der Waals surface area contributed by atoms with E-state index in [1.807, 2.05) is 0 Å². The van der Waals surface area contributed by atoms with E-state index in [0.29, 0.717) is 11.4 Å². The van der Waals surface area contributed by atoms with Gasteiger partial charge in [-0.25, -0.2) is 18.1 Å². The van der Waals surface area contributed by atoms with Crippen LogP contribution in [0.15, 0.2) is 41.6 Å². The standard InChI is InChI=1S/C13H17N3O3S/c1-10(17)11-3-5-12(6-4-11)20(18,19)15-9-13-14-7-8-16(13)2/h3-8,10,15,17H,9H2,1-2H3. The monoisotopic (exact) mass is 295 g/mol. The van der Waals surface area contributed by atoms with Gasteiger partial charge in [0.1, 0.15) is 5.82 Å². The van der Waals surface area contributed by atoms with Crippen molar-refractivity contribution in [2.45, 2.75) is 24.5 Å². The molecular weight excluding hydrogens is 278 g/mol. The minimum atomic E-state index is -3.58. The number of nitrogens with one attached hydrogen (secondary N) is 1. The Morgan fingerprint density at radius 1 is 1.35 bits per heavy atom. The number of sulfonamides is 1. The molecule has 1 aromatic carbocycles. The van der Waals surface area contributed by atoms with Gasteiger partial charge in [-0.15, -0.1) is 0 Å². The maximum Gasteiger partial charge on any atom is 0.240 e. The number of aliphatic hydroxyl groups excluding tert-OH is 1. The molecule has 0 aliphatic carbocycles. The van der Waals surface area contributed by atoms with Gasteiger partial charge < -0.3 is 9.67 Å². The fraction of sp³-hybridized carbons (Fsp3) is 0.308. The fourth-order valence-corrected chi connectivity index (χ4v) is 2.72. The third kappa shape index (κ3) is 3.24. The Bertz CT molecular complexity index is 675. The lowest BCUT2D eigenvalue weighted by Gasteiger charge is -2.09. The number of rotatable bonds is 5. The van der Waals surface area contributed by atoms with E-state index < -0.39 is 16.1 Å². The predicted octanol–water partition coefficient (Wildman–Crippen LogP) is 0.952. The van der Waals surface area contributed by atoms with Crippen LogP contribution >= 0.6 is 0 Å². The van der Waals surface area contributed by atoms with E-state index in [1.54, 1.807) is 43.1 Å². The fourth-order valence-electron chi connectivity index (χ4n) is 1.74. The van der Waals surface area contributed by atoms with Crippen LogP contribution in [0, 0.1) is 0 Å². The number of nitrogens with zero attached hydrogens (tertiary/aromatic N) is 2. The van der Waals surface area contributed by atoms with Crippen molar-refractivity contribution in [2.24, 2.45) is 7.05 Å². The number of aryl methyl sites for hydroxylation is 1. The zero-order chi connectivity index (χ0) is 14.8. The smallest absolute Gasteiger partial charge is 0.240 e. The van der Waals surface area contributed by atoms with E-state index in [1.165, 1.54) is 12.1 Å². The van der Waals surface area contributed by atoms with Crippen LogP contribution in [0.5, 0.6) is 0 Å². The van der Waals surface area contributed by atoms with Crippen LogP contribution in [0.25, 0.3) is 0 Å². The van der Waals surface area contributed by atoms with Crippen LogP contribution in [-0.2, 0) is 23.6 Å². The molecule has 0 aliphatic rings. The molecule has 2 rings (SSSR count). The summed E-state index contributed by atoms with van der Waals surface area (Å²) in [7, 11) is -1.78. The van der Waals surface area contributed by atoms with Crippen LogP contribution < -0.4 is 4.72 Å². The molecule has 6 nitrogen and oxygen atoms in total. The summed E-state index contributed by atoms with van der Waals surface area (Å²) in [6, 6.07) is 6.14. The van der Waals surface area contributed by atoms with Crippen molar-refractivity contribution in [2.75, 3.05) is 0 Å². The third-order valence-corrected chi connectivity index (χ3v) is 4.43. The molecule has 2 aromatic rings. The van der Waals surface area contributed by atoms with Crippen molar-refractivity contribution in [1.29, 1.82) is 0 Å². The van der Waals surface area contributed by atoms with E-state index >= 15 is 0 Å². The lowest BCUT2D eigenvalue weighted by Crippen LogP contribution is -2.24. The first-order valence-corrected chi connectivity index (χ1v) is 7.62. The molecule has 1 unspecified atom stereocenters. The van der Waals surface area contributed by atoms with Crippen molar-refractivity contribution in [3.05, 3.63) is 48.0 Å². The first kappa shape index (κ1) is 14.7. The highest BCUT2D eigenvalue weighted by Crippen LogP contribution is 2.15. The van der Waals surface area contributed by atoms with E-state index in [9.17, 15) is 13.5 Å². The molecule has 0 amide bonds. The summed E-state index contributed by atoms with van der Waals surface area (Å²) in [5.41, 5.74) is 0.674. The molecule has 108 valence electrons. The summed E-state index contributed by atoms with van der Waals surface area (Å²) in [5.74, 6) is 0.633. The van der Waals surface area contributed by atoms with Crippen LogP contribution in [0.1, 0.15) is 24.4 Å². The highest BCUT2D eigenvalue weighted by Gasteiger charge is 2.15. The van der Waals surface area contributed by atoms with Crippen LogP contribution in [0.2, 0.25) is 0 Å². The highest BCUT2D eigenvalue weighted by molar-refractivity contribution is 7.89. The van der Waals surface area contributed by atoms with Gasteiger partial charge in [-0.05, 0) is 24.6 Å². The molecule has 1 atom stereocenters. The van der Waals surface area contributed by atoms with Crippen LogP contribution in [0.4, 0.5) is 0 Å². The molecule has 0 saturated heterocycles. The van der Waals surface area contributed by atoms with E-state index in [0.717, 1.165) is 0 Å². The second-order valence-electron chi connectivity index (χ2n) is 4.52. The van der Waals surface area contributed by atoms with Crippen molar-refractivity contribution in [1.82, 2.24) is 14.3 Å². The van der Waals surface area contributed by atoms with Gasteiger partial charge in [-0.2, -0.15) is 0 Å². The van der Waals surface area contributed by atoms with Crippen LogP contribution in [0.3, 0.4) is 0 Å². The Kier molecular flexibility index (Phi) is 4.22. The molecule has 0 radical (unpaired) electrons. The van der Waals surface area contributed by atoms with Gasteiger partial charge in [0.15, 0.2) is 0 Å². The van der Waals surface area contributed by atoms with E-state index in [4.69, 9.17) is 0 Å². The number of benzene rings is 1. The Balaban J connectivity index is 2.12. The summed E-state index contributed by atoms with van der Waals surface area (Å²) in [6.07, 6.45) is 2.74. The zero-order valence-electron chi connectivity index (χ0n) is 11.3. The Labute approximate surface area is 118 Å². The summed E-state index contributed by atoms with van der Waals surface area (Å²) in [4.78, 5) is 4.22. The second-order valence-corrected chi connectivity index (χ2v) is 6.29. The van der Waals surface area contributed by atoms with Gasteiger partial charge in [0, 0.05) is 19.4 Å². The number of hydrogen-bond donors (Lipinski definition) is 2. The number of aromatic nitrogens is 2.